The van der Waals surface area contributed by atoms with E-state index < -0.39 is 32.5 Å². The van der Waals surface area contributed by atoms with E-state index in [4.69, 9.17) is 0 Å². The fourth-order valence-electron chi connectivity index (χ4n) is 4.77. The highest BCUT2D eigenvalue weighted by Gasteiger charge is 2.42. The first kappa shape index (κ1) is 24.8. The number of fused-ring (bicyclic) bond motifs is 1. The Kier molecular flexibility index (Phi) is 6.54. The maximum atomic E-state index is 14.1. The molecule has 1 N–H and O–H groups in total. The summed E-state index contributed by atoms with van der Waals surface area (Å²) in [7, 11) is -4.22. The van der Waals surface area contributed by atoms with Crippen LogP contribution in [0.5, 0.6) is 0 Å². The summed E-state index contributed by atoms with van der Waals surface area (Å²) in [6.45, 7) is 0. The zero-order valence-corrected chi connectivity index (χ0v) is 20.8. The van der Waals surface area contributed by atoms with Gasteiger partial charge in [0.05, 0.1) is 16.8 Å². The molecule has 2 unspecified atom stereocenters. The average Bonchev–Trinajstić information content (AvgIpc) is 3.22. The van der Waals surface area contributed by atoms with Crippen LogP contribution >= 0.6 is 0 Å². The quantitative estimate of drug-likeness (QED) is 0.344. The Morgan fingerprint density at radius 1 is 1.11 bits per heavy atom. The molecule has 0 radical (unpaired) electrons. The van der Waals surface area contributed by atoms with E-state index in [2.05, 4.69) is 4.98 Å². The smallest absolute Gasteiger partial charge is 0.269 e. The number of aromatic nitrogens is 2. The van der Waals surface area contributed by atoms with Crippen LogP contribution in [-0.4, -0.2) is 31.2 Å². The van der Waals surface area contributed by atoms with Gasteiger partial charge in [0.2, 0.25) is 0 Å². The van der Waals surface area contributed by atoms with Crippen LogP contribution in [-0.2, 0) is 32.5 Å². The van der Waals surface area contributed by atoms with Crippen molar-refractivity contribution in [3.8, 4) is 0 Å². The van der Waals surface area contributed by atoms with E-state index in [1.54, 1.807) is 42.5 Å². The predicted octanol–water partition coefficient (Wildman–Crippen LogP) is 4.22. The molecule has 188 valence electrons. The molecule has 2 aromatic carbocycles. The van der Waals surface area contributed by atoms with Gasteiger partial charge >= 0.3 is 0 Å². The second kappa shape index (κ2) is 9.51. The maximum Gasteiger partial charge on any atom is 0.269 e. The fraction of sp³-hybridized carbons (Fsp3) is 0.269. The van der Waals surface area contributed by atoms with E-state index in [0.29, 0.717) is 11.1 Å². The number of hydrogen-bond donors (Lipinski definition) is 1. The van der Waals surface area contributed by atoms with Crippen molar-refractivity contribution in [2.45, 2.75) is 41.9 Å². The molecule has 0 amide bonds. The third kappa shape index (κ3) is 4.50. The normalized spacial score (nSPS) is 17.0. The number of pyridine rings is 1. The Labute approximate surface area is 211 Å². The summed E-state index contributed by atoms with van der Waals surface area (Å²) in [5.41, 5.74) is -0.715. The van der Waals surface area contributed by atoms with Crippen LogP contribution in [0.15, 0.2) is 77.8 Å². The van der Waals surface area contributed by atoms with Crippen LogP contribution in [0.3, 0.4) is 0 Å². The summed E-state index contributed by atoms with van der Waals surface area (Å²) < 4.78 is 65.1. The Balaban J connectivity index is 1.75. The lowest BCUT2D eigenvalue weighted by molar-refractivity contribution is 0.0324. The van der Waals surface area contributed by atoms with Crippen molar-refractivity contribution in [2.24, 2.45) is 5.92 Å². The number of benzene rings is 2. The minimum atomic E-state index is -4.22. The first-order chi connectivity index (χ1) is 17.2. The zero-order chi connectivity index (χ0) is 25.5. The van der Waals surface area contributed by atoms with Gasteiger partial charge in [0.25, 0.3) is 10.0 Å². The minimum absolute atomic E-state index is 0.00847. The van der Waals surface area contributed by atoms with Crippen molar-refractivity contribution in [1.29, 1.82) is 0 Å². The highest BCUT2D eigenvalue weighted by molar-refractivity contribution is 7.90. The van der Waals surface area contributed by atoms with Gasteiger partial charge in [0.15, 0.2) is 5.65 Å². The van der Waals surface area contributed by atoms with Crippen LogP contribution in [0.25, 0.3) is 11.0 Å². The van der Waals surface area contributed by atoms with Crippen molar-refractivity contribution in [1.82, 2.24) is 8.96 Å². The Bertz CT molecular complexity index is 1530. The Morgan fingerprint density at radius 2 is 1.81 bits per heavy atom. The second-order valence-electron chi connectivity index (χ2n) is 9.18. The average molecular weight is 528 g/mol. The van der Waals surface area contributed by atoms with E-state index in [-0.39, 0.29) is 39.7 Å². The third-order valence-electron chi connectivity index (χ3n) is 6.80. The van der Waals surface area contributed by atoms with Crippen LogP contribution in [0, 0.1) is 11.7 Å². The first-order valence-electron chi connectivity index (χ1n) is 11.5. The number of nitrogens with zero attached hydrogens (tertiary/aromatic N) is 2. The highest BCUT2D eigenvalue weighted by Crippen LogP contribution is 2.44. The van der Waals surface area contributed by atoms with E-state index in [9.17, 15) is 26.7 Å². The molecule has 0 bridgehead atoms. The van der Waals surface area contributed by atoms with Crippen LogP contribution < -0.4 is 0 Å². The van der Waals surface area contributed by atoms with Crippen LogP contribution in [0.2, 0.25) is 0 Å². The lowest BCUT2D eigenvalue weighted by Crippen LogP contribution is -2.36. The van der Waals surface area contributed by atoms with Crippen molar-refractivity contribution in [2.75, 3.05) is 0 Å². The van der Waals surface area contributed by atoms with E-state index in [1.165, 1.54) is 24.3 Å². The summed E-state index contributed by atoms with van der Waals surface area (Å²) in [4.78, 5) is 4.10. The first-order valence-corrected chi connectivity index (χ1v) is 14.2. The molecule has 2 aromatic heterocycles. The van der Waals surface area contributed by atoms with Crippen molar-refractivity contribution in [3.05, 3.63) is 95.6 Å². The predicted molar refractivity (Wildman–Crippen MR) is 133 cm³/mol. The summed E-state index contributed by atoms with van der Waals surface area (Å²) in [5, 5.41) is 12.5. The molecule has 10 heteroatoms. The molecule has 2 heterocycles. The molecular weight excluding hydrogens is 503 g/mol. The second-order valence-corrected chi connectivity index (χ2v) is 11.9. The van der Waals surface area contributed by atoms with Crippen LogP contribution in [0.1, 0.15) is 42.5 Å². The van der Waals surface area contributed by atoms with Gasteiger partial charge in [-0.15, -0.1) is 0 Å². The SMILES string of the molecule is O=S([O-])Cc1ccc(C(O)(CC2CCC2)c2cc3cc(F)cnc3n2S(=O)(=O)c2ccccc2)cc1. The van der Waals surface area contributed by atoms with E-state index in [1.807, 2.05) is 0 Å². The topological polar surface area (TPSA) is 112 Å². The summed E-state index contributed by atoms with van der Waals surface area (Å²) in [5.74, 6) is -0.632. The molecule has 1 aliphatic carbocycles. The number of halogens is 1. The van der Waals surface area contributed by atoms with Gasteiger partial charge < -0.3 is 9.66 Å². The molecule has 2 atom stereocenters. The highest BCUT2D eigenvalue weighted by atomic mass is 32.2. The lowest BCUT2D eigenvalue weighted by atomic mass is 9.74. The molecular formula is C26H24FN2O5S2-. The number of aliphatic hydroxyl groups is 1. The standard InChI is InChI=1S/C26H25FN2O5S2/c27-22-13-20-14-24(29(25(20)28-16-22)36(33,34)23-7-2-1-3-8-23)26(30,15-18-5-4-6-18)21-11-9-19(10-12-21)17-35(31)32/h1-3,7-14,16,18,30H,4-6,15,17H2,(H,31,32)/p-1. The van der Waals surface area contributed by atoms with Gasteiger partial charge in [0, 0.05) is 11.1 Å². The van der Waals surface area contributed by atoms with Gasteiger partial charge in [-0.05, 0) is 47.7 Å². The van der Waals surface area contributed by atoms with Gasteiger partial charge in [-0.1, -0.05) is 72.8 Å². The molecule has 1 aliphatic rings. The van der Waals surface area contributed by atoms with Crippen molar-refractivity contribution < 1.29 is 26.7 Å². The number of rotatable bonds is 8. The fourth-order valence-corrected chi connectivity index (χ4v) is 6.79. The Morgan fingerprint density at radius 3 is 2.42 bits per heavy atom. The third-order valence-corrected chi connectivity index (χ3v) is 9.08. The molecule has 1 fully saturated rings. The molecule has 7 nitrogen and oxygen atoms in total. The molecule has 4 aromatic rings. The Hall–Kier alpha value is -2.92. The molecule has 1 saturated carbocycles. The van der Waals surface area contributed by atoms with Crippen molar-refractivity contribution >= 4 is 32.1 Å². The largest absolute Gasteiger partial charge is 0.772 e. The molecule has 0 spiro atoms. The van der Waals surface area contributed by atoms with Gasteiger partial charge in [0.1, 0.15) is 11.4 Å². The van der Waals surface area contributed by atoms with E-state index >= 15 is 0 Å². The molecule has 36 heavy (non-hydrogen) atoms. The summed E-state index contributed by atoms with van der Waals surface area (Å²) >= 11 is -2.27. The lowest BCUT2D eigenvalue weighted by Gasteiger charge is -2.37. The molecule has 0 aliphatic heterocycles. The van der Waals surface area contributed by atoms with Gasteiger partial charge in [-0.3, -0.25) is 4.21 Å². The monoisotopic (exact) mass is 527 g/mol. The maximum absolute atomic E-state index is 14.1. The van der Waals surface area contributed by atoms with Gasteiger partial charge in [-0.2, -0.15) is 0 Å². The van der Waals surface area contributed by atoms with Crippen LogP contribution in [0.4, 0.5) is 4.39 Å². The summed E-state index contributed by atoms with van der Waals surface area (Å²) in [6.07, 6.45) is 4.02. The van der Waals surface area contributed by atoms with Gasteiger partial charge in [-0.25, -0.2) is 21.8 Å². The van der Waals surface area contributed by atoms with Crippen molar-refractivity contribution in [3.63, 3.8) is 0 Å². The molecule has 0 saturated heterocycles. The minimum Gasteiger partial charge on any atom is -0.772 e. The number of hydrogen-bond acceptors (Lipinski definition) is 6. The van der Waals surface area contributed by atoms with E-state index in [0.717, 1.165) is 29.4 Å². The molecule has 5 rings (SSSR count). The zero-order valence-electron chi connectivity index (χ0n) is 19.2. The summed E-state index contributed by atoms with van der Waals surface area (Å²) in [6, 6.07) is 16.9.